The summed E-state index contributed by atoms with van der Waals surface area (Å²) >= 11 is 1.15. The van der Waals surface area contributed by atoms with Crippen molar-refractivity contribution in [3.63, 3.8) is 0 Å². The number of ether oxygens (including phenoxy) is 1. The van der Waals surface area contributed by atoms with Crippen LogP contribution >= 0.6 is 11.3 Å². The molecule has 24 heavy (non-hydrogen) atoms. The third-order valence-corrected chi connectivity index (χ3v) is 4.26. The molecule has 5 N–H and O–H groups in total. The Morgan fingerprint density at radius 1 is 1.25 bits per heavy atom. The van der Waals surface area contributed by atoms with E-state index in [9.17, 15) is 19.8 Å². The number of aliphatic hydroxyl groups excluding tert-OH is 2. The minimum Gasteiger partial charge on any atom is -0.462 e. The number of urea groups is 1. The van der Waals surface area contributed by atoms with Gasteiger partial charge < -0.3 is 20.7 Å². The fraction of sp³-hybridized carbons (Fsp3) is 0.250. The summed E-state index contributed by atoms with van der Waals surface area (Å²) in [5, 5.41) is 23.1. The van der Waals surface area contributed by atoms with Crippen molar-refractivity contribution in [1.82, 2.24) is 0 Å². The van der Waals surface area contributed by atoms with Crippen LogP contribution in [-0.4, -0.2) is 28.8 Å². The number of nitrogens with one attached hydrogen (secondary N) is 1. The van der Waals surface area contributed by atoms with Gasteiger partial charge in [-0.15, -0.1) is 11.3 Å². The number of carbonyl (C=O) groups excluding carboxylic acids is 2. The van der Waals surface area contributed by atoms with Crippen molar-refractivity contribution < 1.29 is 24.5 Å². The molecule has 1 heterocycles. The molecule has 0 bridgehead atoms. The molecule has 0 radical (unpaired) electrons. The third-order valence-electron chi connectivity index (χ3n) is 3.37. The van der Waals surface area contributed by atoms with Crippen molar-refractivity contribution in [2.75, 3.05) is 11.9 Å². The molecule has 1 aromatic heterocycles. The minimum atomic E-state index is -0.777. The third kappa shape index (κ3) is 3.73. The summed E-state index contributed by atoms with van der Waals surface area (Å²) < 4.78 is 5.06. The number of hydrogen-bond donors (Lipinski definition) is 4. The van der Waals surface area contributed by atoms with Crippen LogP contribution in [0.15, 0.2) is 23.6 Å². The number of benzene rings is 1. The zero-order valence-corrected chi connectivity index (χ0v) is 13.9. The SMILES string of the molecule is CCOC(=O)c1c(-c2ccc(CO)c(CO)c2)csc1NC(N)=O. The molecule has 2 aromatic rings. The lowest BCUT2D eigenvalue weighted by Crippen LogP contribution is -2.20. The molecule has 0 atom stereocenters. The van der Waals surface area contributed by atoms with Crippen LogP contribution in [0.3, 0.4) is 0 Å². The average molecular weight is 350 g/mol. The Kier molecular flexibility index (Phi) is 5.91. The van der Waals surface area contributed by atoms with Crippen molar-refractivity contribution in [2.24, 2.45) is 5.73 Å². The van der Waals surface area contributed by atoms with E-state index in [1.54, 1.807) is 30.5 Å². The monoisotopic (exact) mass is 350 g/mol. The fourth-order valence-corrected chi connectivity index (χ4v) is 3.24. The highest BCUT2D eigenvalue weighted by Gasteiger charge is 2.22. The van der Waals surface area contributed by atoms with Gasteiger partial charge in [-0.2, -0.15) is 0 Å². The van der Waals surface area contributed by atoms with Crippen molar-refractivity contribution in [2.45, 2.75) is 20.1 Å². The van der Waals surface area contributed by atoms with Gasteiger partial charge in [0.25, 0.3) is 0 Å². The average Bonchev–Trinajstić information content (AvgIpc) is 2.97. The lowest BCUT2D eigenvalue weighted by molar-refractivity contribution is 0.0529. The van der Waals surface area contributed by atoms with Crippen LogP contribution in [0.2, 0.25) is 0 Å². The number of rotatable bonds is 6. The largest absolute Gasteiger partial charge is 0.462 e. The van der Waals surface area contributed by atoms with Gasteiger partial charge in [0.1, 0.15) is 10.6 Å². The summed E-state index contributed by atoms with van der Waals surface area (Å²) in [6.07, 6.45) is 0. The predicted octanol–water partition coefficient (Wildman–Crippen LogP) is 2.07. The van der Waals surface area contributed by atoms with Crippen molar-refractivity contribution in [1.29, 1.82) is 0 Å². The molecule has 128 valence electrons. The topological polar surface area (TPSA) is 122 Å². The van der Waals surface area contributed by atoms with E-state index >= 15 is 0 Å². The quantitative estimate of drug-likeness (QED) is 0.594. The molecule has 0 aliphatic carbocycles. The summed E-state index contributed by atoms with van der Waals surface area (Å²) in [6.45, 7) is 1.44. The number of primary amides is 1. The number of hydrogen-bond acceptors (Lipinski definition) is 6. The number of esters is 1. The van der Waals surface area contributed by atoms with Gasteiger partial charge >= 0.3 is 12.0 Å². The first-order chi connectivity index (χ1) is 11.5. The smallest absolute Gasteiger partial charge is 0.341 e. The molecule has 0 aliphatic heterocycles. The van der Waals surface area contributed by atoms with Crippen LogP contribution in [0.5, 0.6) is 0 Å². The second-order valence-electron chi connectivity index (χ2n) is 4.86. The number of thiophene rings is 1. The highest BCUT2D eigenvalue weighted by atomic mass is 32.1. The Bertz CT molecular complexity index is 757. The van der Waals surface area contributed by atoms with Gasteiger partial charge in [-0.1, -0.05) is 12.1 Å². The molecule has 1 aromatic carbocycles. The maximum atomic E-state index is 12.3. The first-order valence-corrected chi connectivity index (χ1v) is 8.08. The molecular formula is C16H18N2O5S. The van der Waals surface area contributed by atoms with Gasteiger partial charge in [0.05, 0.1) is 19.8 Å². The molecule has 0 aliphatic rings. The Morgan fingerprint density at radius 3 is 2.54 bits per heavy atom. The van der Waals surface area contributed by atoms with Gasteiger partial charge in [-0.05, 0) is 29.7 Å². The van der Waals surface area contributed by atoms with Crippen LogP contribution in [-0.2, 0) is 18.0 Å². The standard InChI is InChI=1S/C16H18N2O5S/c1-2-23-15(21)13-12(8-24-14(13)18-16(17)22)9-3-4-10(6-19)11(5-9)7-20/h3-5,8,19-20H,2,6-7H2,1H3,(H3,17,18,22). The highest BCUT2D eigenvalue weighted by Crippen LogP contribution is 2.37. The van der Waals surface area contributed by atoms with Crippen molar-refractivity contribution >= 4 is 28.3 Å². The first-order valence-electron chi connectivity index (χ1n) is 7.20. The lowest BCUT2D eigenvalue weighted by Gasteiger charge is -2.10. The van der Waals surface area contributed by atoms with E-state index in [-0.39, 0.29) is 25.4 Å². The van der Waals surface area contributed by atoms with Crippen LogP contribution in [0.25, 0.3) is 11.1 Å². The van der Waals surface area contributed by atoms with Crippen LogP contribution in [0, 0.1) is 0 Å². The molecule has 0 saturated carbocycles. The minimum absolute atomic E-state index is 0.190. The van der Waals surface area contributed by atoms with E-state index in [0.717, 1.165) is 11.3 Å². The summed E-state index contributed by atoms with van der Waals surface area (Å²) in [4.78, 5) is 23.4. The molecular weight excluding hydrogens is 332 g/mol. The Hall–Kier alpha value is -2.42. The molecule has 7 nitrogen and oxygen atoms in total. The number of nitrogens with two attached hydrogens (primary N) is 1. The Balaban J connectivity index is 2.55. The number of anilines is 1. The van der Waals surface area contributed by atoms with E-state index < -0.39 is 12.0 Å². The Morgan fingerprint density at radius 2 is 1.96 bits per heavy atom. The van der Waals surface area contributed by atoms with Crippen molar-refractivity contribution in [3.05, 3.63) is 40.3 Å². The lowest BCUT2D eigenvalue weighted by atomic mass is 9.98. The van der Waals surface area contributed by atoms with Crippen LogP contribution in [0.4, 0.5) is 9.80 Å². The molecule has 0 saturated heterocycles. The maximum Gasteiger partial charge on any atom is 0.341 e. The predicted molar refractivity (Wildman–Crippen MR) is 90.8 cm³/mol. The van der Waals surface area contributed by atoms with Crippen LogP contribution in [0.1, 0.15) is 28.4 Å². The number of amides is 2. The summed E-state index contributed by atoms with van der Waals surface area (Å²) in [5.74, 6) is -0.575. The van der Waals surface area contributed by atoms with Gasteiger partial charge in [0.15, 0.2) is 0 Å². The first kappa shape index (κ1) is 17.9. The molecule has 8 heteroatoms. The second kappa shape index (κ2) is 7.91. The van der Waals surface area contributed by atoms with E-state index in [4.69, 9.17) is 10.5 Å². The number of carbonyl (C=O) groups is 2. The molecule has 0 fully saturated rings. The van der Waals surface area contributed by atoms with Gasteiger partial charge in [-0.3, -0.25) is 5.32 Å². The van der Waals surface area contributed by atoms with Crippen LogP contribution < -0.4 is 11.1 Å². The van der Waals surface area contributed by atoms with E-state index in [1.165, 1.54) is 0 Å². The molecule has 0 unspecified atom stereocenters. The summed E-state index contributed by atoms with van der Waals surface area (Å²) in [5.41, 5.74) is 7.73. The summed E-state index contributed by atoms with van der Waals surface area (Å²) in [6, 6.07) is 4.31. The van der Waals surface area contributed by atoms with E-state index in [2.05, 4.69) is 5.32 Å². The van der Waals surface area contributed by atoms with E-state index in [0.29, 0.717) is 27.3 Å². The normalized spacial score (nSPS) is 10.5. The van der Waals surface area contributed by atoms with Gasteiger partial charge in [0.2, 0.25) is 0 Å². The zero-order chi connectivity index (χ0) is 17.7. The molecule has 2 rings (SSSR count). The number of aliphatic hydroxyl groups is 2. The van der Waals surface area contributed by atoms with Gasteiger partial charge in [-0.25, -0.2) is 9.59 Å². The van der Waals surface area contributed by atoms with E-state index in [1.807, 2.05) is 0 Å². The summed E-state index contributed by atoms with van der Waals surface area (Å²) in [7, 11) is 0. The second-order valence-corrected chi connectivity index (χ2v) is 5.74. The molecule has 0 spiro atoms. The van der Waals surface area contributed by atoms with Crippen molar-refractivity contribution in [3.8, 4) is 11.1 Å². The Labute approximate surface area is 142 Å². The maximum absolute atomic E-state index is 12.3. The zero-order valence-electron chi connectivity index (χ0n) is 13.0. The molecule has 2 amide bonds. The van der Waals surface area contributed by atoms with Gasteiger partial charge in [0, 0.05) is 10.9 Å². The highest BCUT2D eigenvalue weighted by molar-refractivity contribution is 7.15. The fourth-order valence-electron chi connectivity index (χ4n) is 2.28.